The third-order valence-corrected chi connectivity index (χ3v) is 7.46. The molecule has 1 unspecified atom stereocenters. The van der Waals surface area contributed by atoms with Crippen molar-refractivity contribution in [2.45, 2.75) is 51.5 Å². The second-order valence-electron chi connectivity index (χ2n) is 8.96. The van der Waals surface area contributed by atoms with E-state index in [4.69, 9.17) is 0 Å². The second-order valence-corrected chi connectivity index (χ2v) is 11.0. The number of benzene rings is 2. The number of aryl methyl sites for hydroxylation is 1. The Hall–Kier alpha value is -2.71. The van der Waals surface area contributed by atoms with E-state index in [1.807, 2.05) is 58.0 Å². The summed E-state index contributed by atoms with van der Waals surface area (Å²) in [5.41, 5.74) is 1.99. The van der Waals surface area contributed by atoms with Gasteiger partial charge < -0.3 is 10.2 Å². The van der Waals surface area contributed by atoms with Crippen molar-refractivity contribution in [1.29, 1.82) is 0 Å². The third kappa shape index (κ3) is 7.67. The van der Waals surface area contributed by atoms with Crippen LogP contribution in [0.15, 0.2) is 59.5 Å². The number of nitrogens with one attached hydrogen (secondary N) is 1. The zero-order valence-electron chi connectivity index (χ0n) is 20.8. The van der Waals surface area contributed by atoms with Crippen LogP contribution in [0.25, 0.3) is 0 Å². The van der Waals surface area contributed by atoms with Crippen molar-refractivity contribution in [2.75, 3.05) is 26.7 Å². The number of hydrogen-bond donors (Lipinski definition) is 1. The van der Waals surface area contributed by atoms with E-state index in [1.165, 1.54) is 24.1 Å². The maximum atomic E-state index is 13.4. The Kier molecular flexibility index (Phi) is 10.3. The van der Waals surface area contributed by atoms with Crippen LogP contribution in [0.3, 0.4) is 0 Å². The molecule has 0 aromatic heterocycles. The maximum absolute atomic E-state index is 13.4. The molecule has 7 nitrogen and oxygen atoms in total. The third-order valence-electron chi connectivity index (χ3n) is 5.64. The molecule has 186 valence electrons. The molecule has 0 aliphatic heterocycles. The summed E-state index contributed by atoms with van der Waals surface area (Å²) in [6, 6.07) is 15.6. The van der Waals surface area contributed by atoms with Crippen molar-refractivity contribution in [3.8, 4) is 0 Å². The van der Waals surface area contributed by atoms with Crippen LogP contribution >= 0.6 is 0 Å². The normalized spacial score (nSPS) is 12.6. The van der Waals surface area contributed by atoms with Gasteiger partial charge in [0.25, 0.3) is 0 Å². The molecular weight excluding hydrogens is 450 g/mol. The average molecular weight is 488 g/mol. The molecule has 0 spiro atoms. The van der Waals surface area contributed by atoms with Gasteiger partial charge in [-0.15, -0.1) is 0 Å². The largest absolute Gasteiger partial charge is 0.354 e. The Balaban J connectivity index is 2.23. The highest BCUT2D eigenvalue weighted by Gasteiger charge is 2.31. The predicted molar refractivity (Wildman–Crippen MR) is 135 cm³/mol. The summed E-state index contributed by atoms with van der Waals surface area (Å²) >= 11 is 0. The highest BCUT2D eigenvalue weighted by Crippen LogP contribution is 2.16. The summed E-state index contributed by atoms with van der Waals surface area (Å²) in [4.78, 5) is 28.0. The topological polar surface area (TPSA) is 86.8 Å². The smallest absolute Gasteiger partial charge is 0.243 e. The first-order valence-corrected chi connectivity index (χ1v) is 13.1. The number of carbonyl (C=O) groups excluding carboxylic acids is 2. The lowest BCUT2D eigenvalue weighted by atomic mass is 10.1. The predicted octanol–water partition coefficient (Wildman–Crippen LogP) is 3.24. The van der Waals surface area contributed by atoms with Gasteiger partial charge in [-0.2, -0.15) is 4.31 Å². The van der Waals surface area contributed by atoms with E-state index in [0.29, 0.717) is 25.9 Å². The van der Waals surface area contributed by atoms with Gasteiger partial charge in [0.1, 0.15) is 6.04 Å². The minimum absolute atomic E-state index is 0.131. The van der Waals surface area contributed by atoms with Gasteiger partial charge in [-0.05, 0) is 43.4 Å². The molecule has 1 N–H and O–H groups in total. The van der Waals surface area contributed by atoms with E-state index in [9.17, 15) is 18.0 Å². The molecule has 34 heavy (non-hydrogen) atoms. The standard InChI is InChI=1S/C26H37N3O4S/c1-6-24(26(31)27-18-20(2)3)29(17-16-22-10-8-7-9-11-22)25(30)19-28(5)34(32,33)23-14-12-21(4)13-15-23/h7-15,20,24H,6,16-19H2,1-5H3,(H,27,31). The van der Waals surface area contributed by atoms with Crippen molar-refractivity contribution in [2.24, 2.45) is 5.92 Å². The fraction of sp³-hybridized carbons (Fsp3) is 0.462. The van der Waals surface area contributed by atoms with Crippen molar-refractivity contribution < 1.29 is 18.0 Å². The lowest BCUT2D eigenvalue weighted by Crippen LogP contribution is -2.53. The van der Waals surface area contributed by atoms with Crippen molar-refractivity contribution in [3.63, 3.8) is 0 Å². The quantitative estimate of drug-likeness (QED) is 0.498. The molecule has 2 amide bonds. The summed E-state index contributed by atoms with van der Waals surface area (Å²) in [5.74, 6) is -0.344. The summed E-state index contributed by atoms with van der Waals surface area (Å²) in [6.45, 7) is 8.22. The maximum Gasteiger partial charge on any atom is 0.243 e. The molecule has 0 aliphatic carbocycles. The Bertz CT molecular complexity index is 1040. The van der Waals surface area contributed by atoms with Crippen LogP contribution in [0, 0.1) is 12.8 Å². The van der Waals surface area contributed by atoms with Crippen LogP contribution in [-0.2, 0) is 26.0 Å². The van der Waals surface area contributed by atoms with E-state index < -0.39 is 22.0 Å². The lowest BCUT2D eigenvalue weighted by molar-refractivity contribution is -0.140. The molecular formula is C26H37N3O4S. The van der Waals surface area contributed by atoms with E-state index >= 15 is 0 Å². The van der Waals surface area contributed by atoms with Gasteiger partial charge >= 0.3 is 0 Å². The van der Waals surface area contributed by atoms with Crippen LogP contribution in [0.1, 0.15) is 38.3 Å². The molecule has 0 fully saturated rings. The summed E-state index contributed by atoms with van der Waals surface area (Å²) in [7, 11) is -2.45. The lowest BCUT2D eigenvalue weighted by Gasteiger charge is -2.32. The van der Waals surface area contributed by atoms with Crippen LogP contribution in [0.4, 0.5) is 0 Å². The number of amides is 2. The number of hydrogen-bond acceptors (Lipinski definition) is 4. The average Bonchev–Trinajstić information content (AvgIpc) is 2.81. The van der Waals surface area contributed by atoms with Crippen molar-refractivity contribution in [1.82, 2.24) is 14.5 Å². The molecule has 2 rings (SSSR count). The molecule has 2 aromatic carbocycles. The number of rotatable bonds is 12. The number of carbonyl (C=O) groups is 2. The number of sulfonamides is 1. The second kappa shape index (κ2) is 12.7. The van der Waals surface area contributed by atoms with Gasteiger partial charge in [0, 0.05) is 20.1 Å². The van der Waals surface area contributed by atoms with Crippen molar-refractivity contribution >= 4 is 21.8 Å². The van der Waals surface area contributed by atoms with Crippen LogP contribution < -0.4 is 5.32 Å². The first-order chi connectivity index (χ1) is 16.1. The van der Waals surface area contributed by atoms with E-state index in [-0.39, 0.29) is 23.3 Å². The minimum Gasteiger partial charge on any atom is -0.354 e. The van der Waals surface area contributed by atoms with Gasteiger partial charge in [-0.25, -0.2) is 8.42 Å². The zero-order valence-corrected chi connectivity index (χ0v) is 21.6. The van der Waals surface area contributed by atoms with Gasteiger partial charge in [0.2, 0.25) is 21.8 Å². The Labute approximate surface area is 204 Å². The van der Waals surface area contributed by atoms with E-state index in [2.05, 4.69) is 5.32 Å². The van der Waals surface area contributed by atoms with Crippen molar-refractivity contribution in [3.05, 3.63) is 65.7 Å². The Morgan fingerprint density at radius 1 is 1.00 bits per heavy atom. The fourth-order valence-corrected chi connectivity index (χ4v) is 4.70. The summed E-state index contributed by atoms with van der Waals surface area (Å²) in [5, 5.41) is 2.92. The Morgan fingerprint density at radius 2 is 1.62 bits per heavy atom. The SMILES string of the molecule is CCC(C(=O)NCC(C)C)N(CCc1ccccc1)C(=O)CN(C)S(=O)(=O)c1ccc(C)cc1. The summed E-state index contributed by atoms with van der Waals surface area (Å²) < 4.78 is 27.1. The van der Waals surface area contributed by atoms with E-state index in [0.717, 1.165) is 15.4 Å². The van der Waals surface area contributed by atoms with Crippen LogP contribution in [0.2, 0.25) is 0 Å². The van der Waals surface area contributed by atoms with Gasteiger partial charge in [-0.3, -0.25) is 9.59 Å². The monoisotopic (exact) mass is 487 g/mol. The molecule has 1 atom stereocenters. The number of likely N-dealkylation sites (N-methyl/N-ethyl adjacent to an activating group) is 1. The highest BCUT2D eigenvalue weighted by atomic mass is 32.2. The molecule has 0 saturated carbocycles. The van der Waals surface area contributed by atoms with Gasteiger partial charge in [0.05, 0.1) is 11.4 Å². The highest BCUT2D eigenvalue weighted by molar-refractivity contribution is 7.89. The number of nitrogens with zero attached hydrogens (tertiary/aromatic N) is 2. The zero-order chi connectivity index (χ0) is 25.3. The molecule has 2 aromatic rings. The van der Waals surface area contributed by atoms with Crippen LogP contribution in [0.5, 0.6) is 0 Å². The molecule has 0 radical (unpaired) electrons. The molecule has 8 heteroatoms. The Morgan fingerprint density at radius 3 is 2.18 bits per heavy atom. The molecule has 0 aliphatic rings. The molecule has 0 saturated heterocycles. The van der Waals surface area contributed by atoms with Crippen LogP contribution in [-0.4, -0.2) is 62.2 Å². The minimum atomic E-state index is -3.84. The summed E-state index contributed by atoms with van der Waals surface area (Å²) in [6.07, 6.45) is 0.994. The fourth-order valence-electron chi connectivity index (χ4n) is 3.57. The van der Waals surface area contributed by atoms with Gasteiger partial charge in [0.15, 0.2) is 0 Å². The first-order valence-electron chi connectivity index (χ1n) is 11.7. The first kappa shape index (κ1) is 27.5. The molecule has 0 heterocycles. The molecule has 0 bridgehead atoms. The van der Waals surface area contributed by atoms with E-state index in [1.54, 1.807) is 12.1 Å². The van der Waals surface area contributed by atoms with Gasteiger partial charge in [-0.1, -0.05) is 68.8 Å².